The van der Waals surface area contributed by atoms with Crippen molar-refractivity contribution in [3.8, 4) is 0 Å². The van der Waals surface area contributed by atoms with Crippen molar-refractivity contribution in [3.05, 3.63) is 47.5 Å². The molecule has 1 fully saturated rings. The Bertz CT molecular complexity index is 758. The second-order valence-electron chi connectivity index (χ2n) is 7.26. The van der Waals surface area contributed by atoms with E-state index in [1.165, 1.54) is 5.56 Å². The van der Waals surface area contributed by atoms with Crippen LogP contribution in [0.1, 0.15) is 36.5 Å². The topological polar surface area (TPSA) is 60.3 Å². The van der Waals surface area contributed by atoms with Gasteiger partial charge < -0.3 is 14.2 Å². The highest BCUT2D eigenvalue weighted by Crippen LogP contribution is 2.32. The summed E-state index contributed by atoms with van der Waals surface area (Å²) in [6.45, 7) is 1.46. The average molecular weight is 354 g/mol. The summed E-state index contributed by atoms with van der Waals surface area (Å²) >= 11 is 0. The maximum absolute atomic E-state index is 13.0. The monoisotopic (exact) mass is 354 g/mol. The van der Waals surface area contributed by atoms with E-state index in [0.717, 1.165) is 50.3 Å². The number of carbonyl (C=O) groups is 1. The summed E-state index contributed by atoms with van der Waals surface area (Å²) in [6.07, 6.45) is 5.11. The number of nitrogens with zero attached hydrogens (tertiary/aromatic N) is 4. The van der Waals surface area contributed by atoms with Crippen LogP contribution in [0.15, 0.2) is 30.3 Å². The van der Waals surface area contributed by atoms with Crippen LogP contribution in [0.5, 0.6) is 0 Å². The summed E-state index contributed by atoms with van der Waals surface area (Å²) < 4.78 is 7.41. The van der Waals surface area contributed by atoms with Gasteiger partial charge in [-0.3, -0.25) is 4.79 Å². The van der Waals surface area contributed by atoms with Gasteiger partial charge in [0.05, 0.1) is 12.6 Å². The number of hydrogen-bond acceptors (Lipinski definition) is 4. The lowest BCUT2D eigenvalue weighted by Gasteiger charge is -2.28. The van der Waals surface area contributed by atoms with E-state index in [1.54, 1.807) is 7.11 Å². The fraction of sp³-hybridized carbons (Fsp3) is 0.550. The highest BCUT2D eigenvalue weighted by molar-refractivity contribution is 5.77. The summed E-state index contributed by atoms with van der Waals surface area (Å²) in [6, 6.07) is 10.8. The lowest BCUT2D eigenvalue weighted by molar-refractivity contribution is -0.134. The quantitative estimate of drug-likeness (QED) is 0.796. The molecule has 1 saturated heterocycles. The molecule has 138 valence electrons. The molecule has 2 atom stereocenters. The standard InChI is InChI=1S/C20H26N4O2/c1-26-12-11-18-21-22-19-13-16-8-9-17(14-23(18)19)24(16)20(25)10-7-15-5-3-2-4-6-15/h2-6,16-17H,7-14H2,1H3. The molecule has 1 aromatic heterocycles. The van der Waals surface area contributed by atoms with Crippen LogP contribution in [-0.4, -0.2) is 51.4 Å². The van der Waals surface area contributed by atoms with Crippen molar-refractivity contribution >= 4 is 5.91 Å². The predicted molar refractivity (Wildman–Crippen MR) is 97.7 cm³/mol. The van der Waals surface area contributed by atoms with Gasteiger partial charge in [0.2, 0.25) is 5.91 Å². The van der Waals surface area contributed by atoms with Crippen molar-refractivity contribution in [1.29, 1.82) is 0 Å². The molecule has 0 aliphatic carbocycles. The zero-order valence-corrected chi connectivity index (χ0v) is 15.3. The number of aromatic nitrogens is 3. The fourth-order valence-corrected chi connectivity index (χ4v) is 4.31. The van der Waals surface area contributed by atoms with E-state index >= 15 is 0 Å². The highest BCUT2D eigenvalue weighted by Gasteiger charge is 2.40. The second kappa shape index (κ2) is 7.58. The van der Waals surface area contributed by atoms with Gasteiger partial charge in [0.15, 0.2) is 0 Å². The first-order valence-corrected chi connectivity index (χ1v) is 9.51. The minimum Gasteiger partial charge on any atom is -0.384 e. The Hall–Kier alpha value is -2.21. The van der Waals surface area contributed by atoms with Gasteiger partial charge in [-0.25, -0.2) is 0 Å². The van der Waals surface area contributed by atoms with Crippen molar-refractivity contribution in [2.24, 2.45) is 0 Å². The first kappa shape index (κ1) is 17.2. The zero-order chi connectivity index (χ0) is 17.9. The largest absolute Gasteiger partial charge is 0.384 e. The number of benzene rings is 1. The van der Waals surface area contributed by atoms with Gasteiger partial charge >= 0.3 is 0 Å². The molecule has 1 amide bonds. The Kier molecular flexibility index (Phi) is 5.02. The molecule has 2 aliphatic heterocycles. The lowest BCUT2D eigenvalue weighted by Crippen LogP contribution is -2.42. The SMILES string of the molecule is COCCc1nnc2n1CC1CCC(C2)N1C(=O)CCc1ccccc1. The summed E-state index contributed by atoms with van der Waals surface area (Å²) in [5, 5.41) is 8.74. The Balaban J connectivity index is 1.46. The molecule has 3 heterocycles. The molecule has 2 aromatic rings. The number of rotatable bonds is 6. The molecule has 6 nitrogen and oxygen atoms in total. The number of methoxy groups -OCH3 is 1. The van der Waals surface area contributed by atoms with E-state index in [9.17, 15) is 4.79 Å². The Morgan fingerprint density at radius 2 is 1.96 bits per heavy atom. The van der Waals surface area contributed by atoms with Crippen LogP contribution in [0.25, 0.3) is 0 Å². The number of fused-ring (bicyclic) bond motifs is 3. The number of amides is 1. The van der Waals surface area contributed by atoms with Crippen LogP contribution < -0.4 is 0 Å². The van der Waals surface area contributed by atoms with Gasteiger partial charge in [-0.1, -0.05) is 30.3 Å². The summed E-state index contributed by atoms with van der Waals surface area (Å²) in [7, 11) is 1.70. The van der Waals surface area contributed by atoms with Crippen molar-refractivity contribution < 1.29 is 9.53 Å². The molecule has 2 bridgehead atoms. The van der Waals surface area contributed by atoms with Gasteiger partial charge in [0, 0.05) is 39.0 Å². The summed E-state index contributed by atoms with van der Waals surface area (Å²) in [4.78, 5) is 15.1. The molecule has 4 rings (SSSR count). The van der Waals surface area contributed by atoms with Gasteiger partial charge in [-0.15, -0.1) is 10.2 Å². The van der Waals surface area contributed by atoms with Crippen LogP contribution in [-0.2, 0) is 35.3 Å². The van der Waals surface area contributed by atoms with E-state index in [-0.39, 0.29) is 18.0 Å². The molecule has 1 aromatic carbocycles. The van der Waals surface area contributed by atoms with E-state index in [1.807, 2.05) is 18.2 Å². The molecule has 2 aliphatic rings. The third-order valence-corrected chi connectivity index (χ3v) is 5.62. The van der Waals surface area contributed by atoms with Gasteiger partial charge in [-0.05, 0) is 24.8 Å². The van der Waals surface area contributed by atoms with Crippen molar-refractivity contribution in [3.63, 3.8) is 0 Å². The molecule has 0 spiro atoms. The molecule has 0 saturated carbocycles. The van der Waals surface area contributed by atoms with E-state index in [0.29, 0.717) is 13.0 Å². The van der Waals surface area contributed by atoms with Crippen LogP contribution in [0.3, 0.4) is 0 Å². The molecule has 6 heteroatoms. The van der Waals surface area contributed by atoms with E-state index < -0.39 is 0 Å². The normalized spacial score (nSPS) is 21.5. The van der Waals surface area contributed by atoms with Gasteiger partial charge in [0.1, 0.15) is 11.6 Å². The van der Waals surface area contributed by atoms with E-state index in [4.69, 9.17) is 4.74 Å². The minimum absolute atomic E-state index is 0.266. The highest BCUT2D eigenvalue weighted by atomic mass is 16.5. The molecular weight excluding hydrogens is 328 g/mol. The Morgan fingerprint density at radius 3 is 2.77 bits per heavy atom. The minimum atomic E-state index is 0.266. The van der Waals surface area contributed by atoms with Crippen LogP contribution in [0.4, 0.5) is 0 Å². The molecule has 26 heavy (non-hydrogen) atoms. The van der Waals surface area contributed by atoms with Crippen LogP contribution in [0, 0.1) is 0 Å². The number of ether oxygens (including phenoxy) is 1. The first-order chi connectivity index (χ1) is 12.8. The van der Waals surface area contributed by atoms with E-state index in [2.05, 4.69) is 31.8 Å². The maximum Gasteiger partial charge on any atom is 0.223 e. The van der Waals surface area contributed by atoms with Crippen LogP contribution >= 0.6 is 0 Å². The third-order valence-electron chi connectivity index (χ3n) is 5.62. The summed E-state index contributed by atoms with van der Waals surface area (Å²) in [5.41, 5.74) is 1.22. The van der Waals surface area contributed by atoms with Crippen molar-refractivity contribution in [2.75, 3.05) is 13.7 Å². The molecule has 2 unspecified atom stereocenters. The van der Waals surface area contributed by atoms with Gasteiger partial charge in [0.25, 0.3) is 0 Å². The maximum atomic E-state index is 13.0. The number of carbonyl (C=O) groups excluding carboxylic acids is 1. The average Bonchev–Trinajstić information content (AvgIpc) is 3.18. The van der Waals surface area contributed by atoms with Crippen LogP contribution in [0.2, 0.25) is 0 Å². The molecule has 0 radical (unpaired) electrons. The predicted octanol–water partition coefficient (Wildman–Crippen LogP) is 2.02. The third kappa shape index (κ3) is 3.38. The van der Waals surface area contributed by atoms with Crippen molar-refractivity contribution in [1.82, 2.24) is 19.7 Å². The fourth-order valence-electron chi connectivity index (χ4n) is 4.31. The van der Waals surface area contributed by atoms with Crippen molar-refractivity contribution in [2.45, 2.75) is 57.2 Å². The molecular formula is C20H26N4O2. The number of hydrogen-bond donors (Lipinski definition) is 0. The summed E-state index contributed by atoms with van der Waals surface area (Å²) in [5.74, 6) is 2.27. The molecule has 0 N–H and O–H groups in total. The smallest absolute Gasteiger partial charge is 0.223 e. The first-order valence-electron chi connectivity index (χ1n) is 9.51. The van der Waals surface area contributed by atoms with Gasteiger partial charge in [-0.2, -0.15) is 0 Å². The second-order valence-corrected chi connectivity index (χ2v) is 7.26. The Morgan fingerprint density at radius 1 is 1.15 bits per heavy atom. The zero-order valence-electron chi connectivity index (χ0n) is 15.3. The lowest BCUT2D eigenvalue weighted by atomic mass is 10.1. The number of aryl methyl sites for hydroxylation is 1. The Labute approximate surface area is 154 Å².